The zero-order valence-electron chi connectivity index (χ0n) is 22.2. The minimum Gasteiger partial charge on any atom is -0.470 e. The van der Waals surface area contributed by atoms with Crippen molar-refractivity contribution in [1.82, 2.24) is 4.98 Å². The van der Waals surface area contributed by atoms with E-state index in [9.17, 15) is 4.79 Å². The van der Waals surface area contributed by atoms with E-state index >= 15 is 0 Å². The van der Waals surface area contributed by atoms with E-state index in [1.54, 1.807) is 0 Å². The van der Waals surface area contributed by atoms with Crippen LogP contribution in [0.15, 0.2) is 59.2 Å². The van der Waals surface area contributed by atoms with Gasteiger partial charge in [-0.25, -0.2) is 9.78 Å². The third kappa shape index (κ3) is 5.90. The zero-order valence-corrected chi connectivity index (χ0v) is 22.2. The van der Waals surface area contributed by atoms with Crippen molar-refractivity contribution in [2.45, 2.75) is 32.8 Å². The average molecular weight is 527 g/mol. The van der Waals surface area contributed by atoms with Gasteiger partial charge in [-0.2, -0.15) is 4.99 Å². The van der Waals surface area contributed by atoms with Crippen LogP contribution in [0.25, 0.3) is 11.3 Å². The molecule has 1 fully saturated rings. The second-order valence-electron chi connectivity index (χ2n) is 10.6. The van der Waals surface area contributed by atoms with E-state index in [1.165, 1.54) is 0 Å². The van der Waals surface area contributed by atoms with Crippen molar-refractivity contribution in [3.05, 3.63) is 65.4 Å². The molecule has 3 aliphatic rings. The summed E-state index contributed by atoms with van der Waals surface area (Å²) in [6.45, 7) is 8.81. The van der Waals surface area contributed by atoms with Gasteiger partial charge in [-0.05, 0) is 51.1 Å². The third-order valence-corrected chi connectivity index (χ3v) is 6.46. The number of carbonyl (C=O) groups is 1. The molecule has 9 heteroatoms. The SMILES string of the molecule is CC(C)(C)OC(=O)Nc1ccc2c(c1)Cc1cccc(-c3cc(N4CCOCC4)cc(OCC4=C=N4)n3)c1O2. The molecule has 2 aromatic carbocycles. The van der Waals surface area contributed by atoms with E-state index in [4.69, 9.17) is 23.9 Å². The van der Waals surface area contributed by atoms with Crippen molar-refractivity contribution < 1.29 is 23.7 Å². The number of benzene rings is 2. The molecule has 0 unspecified atom stereocenters. The van der Waals surface area contributed by atoms with Crippen LogP contribution in [-0.4, -0.2) is 55.5 Å². The molecule has 0 saturated carbocycles. The van der Waals surface area contributed by atoms with Crippen LogP contribution in [0, 0.1) is 0 Å². The number of rotatable bonds is 6. The Bertz CT molecular complexity index is 1500. The van der Waals surface area contributed by atoms with Crippen LogP contribution in [0.4, 0.5) is 16.2 Å². The molecule has 200 valence electrons. The summed E-state index contributed by atoms with van der Waals surface area (Å²) >= 11 is 0. The summed E-state index contributed by atoms with van der Waals surface area (Å²) in [5, 5.41) is 2.81. The fourth-order valence-corrected chi connectivity index (χ4v) is 4.63. The Hall–Kier alpha value is -4.33. The Morgan fingerprint density at radius 2 is 1.92 bits per heavy atom. The van der Waals surface area contributed by atoms with E-state index in [-0.39, 0.29) is 0 Å². The van der Waals surface area contributed by atoms with Crippen LogP contribution >= 0.6 is 0 Å². The Labute approximate surface area is 227 Å². The van der Waals surface area contributed by atoms with Crippen molar-refractivity contribution in [2.24, 2.45) is 4.99 Å². The molecule has 0 aliphatic carbocycles. The van der Waals surface area contributed by atoms with Gasteiger partial charge < -0.3 is 23.8 Å². The number of aromatic nitrogens is 1. The molecular formula is C30H30N4O5. The van der Waals surface area contributed by atoms with Crippen LogP contribution in [0.5, 0.6) is 17.4 Å². The zero-order chi connectivity index (χ0) is 27.0. The van der Waals surface area contributed by atoms with Crippen LogP contribution in [0.3, 0.4) is 0 Å². The van der Waals surface area contributed by atoms with Gasteiger partial charge in [0.15, 0.2) is 0 Å². The Morgan fingerprint density at radius 3 is 2.69 bits per heavy atom. The van der Waals surface area contributed by atoms with Crippen molar-refractivity contribution in [3.8, 4) is 28.6 Å². The summed E-state index contributed by atoms with van der Waals surface area (Å²) in [6.07, 6.45) is 0.163. The summed E-state index contributed by atoms with van der Waals surface area (Å²) < 4.78 is 23.3. The van der Waals surface area contributed by atoms with E-state index in [2.05, 4.69) is 33.2 Å². The van der Waals surface area contributed by atoms with Gasteiger partial charge >= 0.3 is 6.09 Å². The van der Waals surface area contributed by atoms with Gasteiger partial charge in [0, 0.05) is 59.5 Å². The smallest absolute Gasteiger partial charge is 0.412 e. The lowest BCUT2D eigenvalue weighted by Crippen LogP contribution is -2.36. The fourth-order valence-electron chi connectivity index (χ4n) is 4.63. The van der Waals surface area contributed by atoms with Gasteiger partial charge in [-0.1, -0.05) is 12.1 Å². The molecule has 0 bridgehead atoms. The molecule has 9 nitrogen and oxygen atoms in total. The van der Waals surface area contributed by atoms with E-state index in [0.717, 1.165) is 58.4 Å². The molecule has 0 spiro atoms. The number of hydrogen-bond donors (Lipinski definition) is 1. The van der Waals surface area contributed by atoms with E-state index in [0.29, 0.717) is 37.8 Å². The molecule has 1 saturated heterocycles. The molecule has 3 aromatic rings. The van der Waals surface area contributed by atoms with Crippen molar-refractivity contribution >= 4 is 23.3 Å². The predicted octanol–water partition coefficient (Wildman–Crippen LogP) is 5.57. The quantitative estimate of drug-likeness (QED) is 0.351. The number of nitrogens with one attached hydrogen (secondary N) is 1. The largest absolute Gasteiger partial charge is 0.470 e. The highest BCUT2D eigenvalue weighted by atomic mass is 16.6. The van der Waals surface area contributed by atoms with E-state index < -0.39 is 11.7 Å². The first kappa shape index (κ1) is 25.0. The second-order valence-corrected chi connectivity index (χ2v) is 10.6. The number of nitrogens with zero attached hydrogens (tertiary/aromatic N) is 3. The van der Waals surface area contributed by atoms with Crippen LogP contribution in [0.2, 0.25) is 0 Å². The number of ether oxygens (including phenoxy) is 4. The maximum Gasteiger partial charge on any atom is 0.412 e. The number of anilines is 2. The number of pyridine rings is 1. The van der Waals surface area contributed by atoms with Gasteiger partial charge in [0.1, 0.15) is 29.4 Å². The minimum atomic E-state index is -0.572. The summed E-state index contributed by atoms with van der Waals surface area (Å²) in [7, 11) is 0. The number of morpholine rings is 1. The first-order chi connectivity index (χ1) is 18.8. The molecule has 0 radical (unpaired) electrons. The fraction of sp³-hybridized carbons (Fsp3) is 0.333. The normalized spacial score (nSPS) is 15.5. The van der Waals surface area contributed by atoms with Gasteiger partial charge in [-0.3, -0.25) is 5.32 Å². The maximum absolute atomic E-state index is 12.3. The summed E-state index contributed by atoms with van der Waals surface area (Å²) in [6, 6.07) is 15.7. The summed E-state index contributed by atoms with van der Waals surface area (Å²) in [5.41, 5.74) is 5.57. The van der Waals surface area contributed by atoms with Crippen LogP contribution < -0.4 is 19.7 Å². The van der Waals surface area contributed by atoms with Crippen LogP contribution in [-0.2, 0) is 15.9 Å². The number of aliphatic imine (C=N–C) groups is 1. The lowest BCUT2D eigenvalue weighted by molar-refractivity contribution is 0.0636. The Balaban J connectivity index is 1.29. The summed E-state index contributed by atoms with van der Waals surface area (Å²) in [5.74, 6) is 4.85. The summed E-state index contributed by atoms with van der Waals surface area (Å²) in [4.78, 5) is 23.3. The molecule has 1 amide bonds. The standard InChI is InChI=1S/C30H30N4O5/c1-30(2,3)39-29(35)32-21-7-8-26-20(14-21)13-19-5-4-6-24(28(19)38-26)25-15-23(34-9-11-36-12-10-34)16-27(33-25)37-18-22-17-31-22/h4-8,14-16H,9-13,18H2,1-3H3,(H,32,35). The first-order valence-electron chi connectivity index (χ1n) is 13.0. The predicted molar refractivity (Wildman–Crippen MR) is 148 cm³/mol. The van der Waals surface area contributed by atoms with Crippen LogP contribution in [0.1, 0.15) is 31.9 Å². The van der Waals surface area contributed by atoms with E-state index in [1.807, 2.05) is 57.2 Å². The minimum absolute atomic E-state index is 0.343. The number of carbonyl (C=O) groups excluding carboxylic acids is 1. The first-order valence-corrected chi connectivity index (χ1v) is 13.0. The molecule has 1 N–H and O–H groups in total. The highest BCUT2D eigenvalue weighted by Gasteiger charge is 2.24. The molecule has 6 rings (SSSR count). The number of para-hydroxylation sites is 1. The highest BCUT2D eigenvalue weighted by molar-refractivity contribution is 5.85. The highest BCUT2D eigenvalue weighted by Crippen LogP contribution is 2.44. The average Bonchev–Trinajstić information content (AvgIpc) is 3.74. The molecule has 4 heterocycles. The third-order valence-electron chi connectivity index (χ3n) is 6.46. The van der Waals surface area contributed by atoms with Crippen molar-refractivity contribution in [3.63, 3.8) is 0 Å². The van der Waals surface area contributed by atoms with Gasteiger partial charge in [0.2, 0.25) is 5.88 Å². The van der Waals surface area contributed by atoms with Gasteiger partial charge in [0.05, 0.1) is 18.9 Å². The lowest BCUT2D eigenvalue weighted by atomic mass is 9.96. The molecule has 1 aromatic heterocycles. The van der Waals surface area contributed by atoms with Gasteiger partial charge in [0.25, 0.3) is 0 Å². The molecule has 3 aliphatic heterocycles. The molecule has 0 atom stereocenters. The Kier molecular flexibility index (Phi) is 6.46. The van der Waals surface area contributed by atoms with Crippen molar-refractivity contribution in [2.75, 3.05) is 43.1 Å². The number of amides is 1. The topological polar surface area (TPSA) is 94.5 Å². The lowest BCUT2D eigenvalue weighted by Gasteiger charge is -2.29. The second kappa shape index (κ2) is 10.1. The Morgan fingerprint density at radius 1 is 1.10 bits per heavy atom. The van der Waals surface area contributed by atoms with Gasteiger partial charge in [-0.15, -0.1) is 0 Å². The number of fused-ring (bicyclic) bond motifs is 2. The molecular weight excluding hydrogens is 496 g/mol. The maximum atomic E-state index is 12.3. The number of hydrogen-bond acceptors (Lipinski definition) is 8. The molecule has 39 heavy (non-hydrogen) atoms. The van der Waals surface area contributed by atoms with Crippen molar-refractivity contribution in [1.29, 1.82) is 0 Å². The monoisotopic (exact) mass is 526 g/mol.